The smallest absolute Gasteiger partial charge is 0.244 e. The lowest BCUT2D eigenvalue weighted by atomic mass is 10.1. The van der Waals surface area contributed by atoms with Gasteiger partial charge in [0.25, 0.3) is 0 Å². The molecule has 0 spiro atoms. The molecule has 1 aromatic carbocycles. The van der Waals surface area contributed by atoms with Crippen molar-refractivity contribution < 1.29 is 8.42 Å². The number of benzene rings is 1. The lowest BCUT2D eigenvalue weighted by molar-refractivity contribution is 0.222. The van der Waals surface area contributed by atoms with Crippen molar-refractivity contribution >= 4 is 39.0 Å². The summed E-state index contributed by atoms with van der Waals surface area (Å²) in [6.07, 6.45) is 1.40. The van der Waals surface area contributed by atoms with Crippen molar-refractivity contribution in [2.75, 3.05) is 38.5 Å². The number of rotatable bonds is 5. The number of likely N-dealkylation sites (N-methyl/N-ethyl adjacent to an activating group) is 1. The SMILES string of the molecule is C[C@H](Nc1ccc(S(=O)(=O)N2CCN(C)CC2)cn1)c1ccc(Cl)cc1Cl. The first-order valence-electron chi connectivity index (χ1n) is 8.63. The molecule has 1 saturated heterocycles. The van der Waals surface area contributed by atoms with Gasteiger partial charge >= 0.3 is 0 Å². The molecular formula is C18H22Cl2N4O2S. The summed E-state index contributed by atoms with van der Waals surface area (Å²) in [5.74, 6) is 0.575. The molecule has 1 fully saturated rings. The fourth-order valence-corrected chi connectivity index (χ4v) is 4.89. The third kappa shape index (κ3) is 4.73. The van der Waals surface area contributed by atoms with Crippen LogP contribution in [0.3, 0.4) is 0 Å². The second-order valence-corrected chi connectivity index (χ2v) is 9.40. The minimum absolute atomic E-state index is 0.109. The number of nitrogens with zero attached hydrogens (tertiary/aromatic N) is 3. The predicted molar refractivity (Wildman–Crippen MR) is 109 cm³/mol. The average molecular weight is 429 g/mol. The van der Waals surface area contributed by atoms with Gasteiger partial charge < -0.3 is 10.2 Å². The van der Waals surface area contributed by atoms with E-state index >= 15 is 0 Å². The number of hydrogen-bond donors (Lipinski definition) is 1. The second-order valence-electron chi connectivity index (χ2n) is 6.62. The first-order chi connectivity index (χ1) is 12.8. The Bertz CT molecular complexity index is 898. The molecule has 9 heteroatoms. The van der Waals surface area contributed by atoms with Gasteiger partial charge in [0.15, 0.2) is 0 Å². The first-order valence-corrected chi connectivity index (χ1v) is 10.8. The third-order valence-corrected chi connectivity index (χ3v) is 7.07. The maximum absolute atomic E-state index is 12.7. The summed E-state index contributed by atoms with van der Waals surface area (Å²) >= 11 is 12.2. The Labute approximate surface area is 170 Å². The van der Waals surface area contributed by atoms with Gasteiger partial charge in [0.05, 0.1) is 6.04 Å². The Balaban J connectivity index is 1.71. The zero-order chi connectivity index (χ0) is 19.6. The highest BCUT2D eigenvalue weighted by molar-refractivity contribution is 7.89. The van der Waals surface area contributed by atoms with Gasteiger partial charge in [-0.2, -0.15) is 4.31 Å². The summed E-state index contributed by atoms with van der Waals surface area (Å²) < 4.78 is 27.0. The van der Waals surface area contributed by atoms with Crippen molar-refractivity contribution in [2.45, 2.75) is 17.9 Å². The number of piperazine rings is 1. The molecule has 0 radical (unpaired) electrons. The van der Waals surface area contributed by atoms with Crippen molar-refractivity contribution in [1.82, 2.24) is 14.2 Å². The van der Waals surface area contributed by atoms with Crippen LogP contribution in [-0.4, -0.2) is 55.8 Å². The molecule has 1 aliphatic rings. The highest BCUT2D eigenvalue weighted by atomic mass is 35.5. The average Bonchev–Trinajstić information content (AvgIpc) is 2.62. The topological polar surface area (TPSA) is 65.5 Å². The summed E-state index contributed by atoms with van der Waals surface area (Å²) in [5, 5.41) is 4.37. The maximum atomic E-state index is 12.7. The minimum Gasteiger partial charge on any atom is -0.363 e. The van der Waals surface area contributed by atoms with Crippen LogP contribution < -0.4 is 5.32 Å². The zero-order valence-electron chi connectivity index (χ0n) is 15.2. The van der Waals surface area contributed by atoms with Crippen LogP contribution in [0.4, 0.5) is 5.82 Å². The van der Waals surface area contributed by atoms with Crippen molar-refractivity contribution in [3.8, 4) is 0 Å². The summed E-state index contributed by atoms with van der Waals surface area (Å²) in [6, 6.07) is 8.47. The van der Waals surface area contributed by atoms with Crippen LogP contribution in [0.5, 0.6) is 0 Å². The van der Waals surface area contributed by atoms with Crippen molar-refractivity contribution in [2.24, 2.45) is 0 Å². The van der Waals surface area contributed by atoms with Gasteiger partial charge in [-0.3, -0.25) is 0 Å². The number of nitrogens with one attached hydrogen (secondary N) is 1. The van der Waals surface area contributed by atoms with E-state index in [0.717, 1.165) is 18.7 Å². The van der Waals surface area contributed by atoms with E-state index in [4.69, 9.17) is 23.2 Å². The van der Waals surface area contributed by atoms with E-state index in [9.17, 15) is 8.42 Å². The molecule has 1 atom stereocenters. The van der Waals surface area contributed by atoms with Crippen molar-refractivity contribution in [1.29, 1.82) is 0 Å². The third-order valence-electron chi connectivity index (χ3n) is 4.63. The monoisotopic (exact) mass is 428 g/mol. The number of aromatic nitrogens is 1. The second kappa shape index (κ2) is 8.32. The van der Waals surface area contributed by atoms with Crippen LogP contribution in [-0.2, 0) is 10.0 Å². The van der Waals surface area contributed by atoms with Gasteiger partial charge in [0, 0.05) is 42.4 Å². The molecule has 0 aliphatic carbocycles. The van der Waals surface area contributed by atoms with E-state index in [1.54, 1.807) is 24.3 Å². The largest absolute Gasteiger partial charge is 0.363 e. The molecule has 0 amide bonds. The maximum Gasteiger partial charge on any atom is 0.244 e. The normalized spacial score (nSPS) is 17.6. The van der Waals surface area contributed by atoms with Crippen LogP contribution in [0, 0.1) is 0 Å². The van der Waals surface area contributed by atoms with Crippen LogP contribution >= 0.6 is 23.2 Å². The summed E-state index contributed by atoms with van der Waals surface area (Å²) in [5.41, 5.74) is 0.886. The van der Waals surface area contributed by atoms with Gasteiger partial charge in [-0.25, -0.2) is 13.4 Å². The predicted octanol–water partition coefficient (Wildman–Crippen LogP) is 3.50. The number of pyridine rings is 1. The fourth-order valence-electron chi connectivity index (χ4n) is 2.95. The van der Waals surface area contributed by atoms with Crippen molar-refractivity contribution in [3.05, 3.63) is 52.1 Å². The van der Waals surface area contributed by atoms with E-state index < -0.39 is 10.0 Å². The van der Waals surface area contributed by atoms with E-state index in [-0.39, 0.29) is 10.9 Å². The van der Waals surface area contributed by atoms with Gasteiger partial charge in [-0.15, -0.1) is 0 Å². The number of anilines is 1. The van der Waals surface area contributed by atoms with E-state index in [0.29, 0.717) is 29.0 Å². The quantitative estimate of drug-likeness (QED) is 0.788. The standard InChI is InChI=1S/C18H22Cl2N4O2S/c1-13(16-5-3-14(19)11-17(16)20)22-18-6-4-15(12-21-18)27(25,26)24-9-7-23(2)8-10-24/h3-6,11-13H,7-10H2,1-2H3,(H,21,22)/t13-/m0/s1. The Morgan fingerprint density at radius 2 is 1.81 bits per heavy atom. The van der Waals surface area contributed by atoms with Crippen LogP contribution in [0.1, 0.15) is 18.5 Å². The lowest BCUT2D eigenvalue weighted by Gasteiger charge is -2.31. The molecule has 2 aromatic rings. The Kier molecular flexibility index (Phi) is 6.28. The molecule has 27 heavy (non-hydrogen) atoms. The number of halogens is 2. The lowest BCUT2D eigenvalue weighted by Crippen LogP contribution is -2.47. The molecule has 1 aliphatic heterocycles. The summed E-state index contributed by atoms with van der Waals surface area (Å²) in [4.78, 5) is 6.59. The van der Waals surface area contributed by atoms with E-state index in [1.165, 1.54) is 10.5 Å². The molecule has 6 nitrogen and oxygen atoms in total. The summed E-state index contributed by atoms with van der Waals surface area (Å²) in [7, 11) is -1.53. The number of sulfonamides is 1. The molecule has 1 aromatic heterocycles. The van der Waals surface area contributed by atoms with Gasteiger partial charge in [0.1, 0.15) is 10.7 Å². The molecule has 146 valence electrons. The zero-order valence-corrected chi connectivity index (χ0v) is 17.5. The van der Waals surface area contributed by atoms with Crippen molar-refractivity contribution in [3.63, 3.8) is 0 Å². The van der Waals surface area contributed by atoms with Crippen LogP contribution in [0.2, 0.25) is 10.0 Å². The minimum atomic E-state index is -3.51. The van der Waals surface area contributed by atoms with Gasteiger partial charge in [-0.05, 0) is 43.8 Å². The number of hydrogen-bond acceptors (Lipinski definition) is 5. The Morgan fingerprint density at radius 1 is 1.11 bits per heavy atom. The highest BCUT2D eigenvalue weighted by Gasteiger charge is 2.27. The van der Waals surface area contributed by atoms with Gasteiger partial charge in [0.2, 0.25) is 10.0 Å². The molecule has 0 saturated carbocycles. The molecule has 2 heterocycles. The fraction of sp³-hybridized carbons (Fsp3) is 0.389. The van der Waals surface area contributed by atoms with Gasteiger partial charge in [-0.1, -0.05) is 29.3 Å². The molecule has 1 N–H and O–H groups in total. The van der Waals surface area contributed by atoms with Crippen LogP contribution in [0.15, 0.2) is 41.4 Å². The van der Waals surface area contributed by atoms with E-state index in [2.05, 4.69) is 15.2 Å². The Hall–Kier alpha value is -1.38. The molecule has 0 unspecified atom stereocenters. The van der Waals surface area contributed by atoms with Crippen LogP contribution in [0.25, 0.3) is 0 Å². The molecular weight excluding hydrogens is 407 g/mol. The first kappa shape index (κ1) is 20.4. The molecule has 0 bridgehead atoms. The van der Waals surface area contributed by atoms with E-state index in [1.807, 2.05) is 20.0 Å². The highest BCUT2D eigenvalue weighted by Crippen LogP contribution is 2.28. The Morgan fingerprint density at radius 3 is 2.41 bits per heavy atom. The molecule has 3 rings (SSSR count). The summed E-state index contributed by atoms with van der Waals surface area (Å²) in [6.45, 7) is 4.39.